The number of hydrogen-bond acceptors (Lipinski definition) is 3. The predicted molar refractivity (Wildman–Crippen MR) is 86.8 cm³/mol. The number of rotatable bonds is 8. The van der Waals surface area contributed by atoms with Gasteiger partial charge in [0.25, 0.3) is 0 Å². The molecule has 114 valence electrons. The maximum Gasteiger partial charge on any atom is 0.330 e. The number of benzene rings is 1. The summed E-state index contributed by atoms with van der Waals surface area (Å²) in [7, 11) is 0. The van der Waals surface area contributed by atoms with Crippen molar-refractivity contribution >= 4 is 5.97 Å². The first-order valence-electron chi connectivity index (χ1n) is 7.42. The summed E-state index contributed by atoms with van der Waals surface area (Å²) in [6.45, 7) is 7.36. The molecule has 1 aromatic carbocycles. The largest absolute Gasteiger partial charge is 0.463 e. The van der Waals surface area contributed by atoms with Gasteiger partial charge < -0.3 is 10.1 Å². The summed E-state index contributed by atoms with van der Waals surface area (Å²) in [4.78, 5) is 11.2. The van der Waals surface area contributed by atoms with Crippen LogP contribution in [0.5, 0.6) is 0 Å². The lowest BCUT2D eigenvalue weighted by molar-refractivity contribution is -0.137. The van der Waals surface area contributed by atoms with Gasteiger partial charge in [0, 0.05) is 18.7 Å². The number of carbonyl (C=O) groups is 1. The monoisotopic (exact) mass is 287 g/mol. The molecular formula is C18H25NO2. The van der Waals surface area contributed by atoms with Gasteiger partial charge in [-0.05, 0) is 18.4 Å². The Hall–Kier alpha value is -1.87. The smallest absolute Gasteiger partial charge is 0.330 e. The second-order valence-corrected chi connectivity index (χ2v) is 5.13. The molecule has 1 N–H and O–H groups in total. The van der Waals surface area contributed by atoms with Crippen LogP contribution in [0.3, 0.4) is 0 Å². The van der Waals surface area contributed by atoms with Gasteiger partial charge in [0.05, 0.1) is 6.61 Å². The molecule has 0 bridgehead atoms. The van der Waals surface area contributed by atoms with Crippen molar-refractivity contribution in [2.45, 2.75) is 33.4 Å². The molecule has 0 saturated heterocycles. The van der Waals surface area contributed by atoms with Crippen LogP contribution in [0, 0.1) is 5.92 Å². The molecule has 0 spiro atoms. The van der Waals surface area contributed by atoms with Gasteiger partial charge in [0.15, 0.2) is 0 Å². The first-order chi connectivity index (χ1) is 10.1. The number of carbonyl (C=O) groups excluding carboxylic acids is 1. The predicted octanol–water partition coefficient (Wildman–Crippen LogP) is 3.48. The van der Waals surface area contributed by atoms with Gasteiger partial charge in [0.1, 0.15) is 0 Å². The van der Waals surface area contributed by atoms with Crippen molar-refractivity contribution in [2.75, 3.05) is 6.61 Å². The van der Waals surface area contributed by atoms with Crippen LogP contribution >= 0.6 is 0 Å². The maximum atomic E-state index is 11.2. The van der Waals surface area contributed by atoms with Crippen molar-refractivity contribution < 1.29 is 9.53 Å². The van der Waals surface area contributed by atoms with Crippen LogP contribution in [0.2, 0.25) is 0 Å². The molecule has 0 radical (unpaired) electrons. The van der Waals surface area contributed by atoms with Crippen molar-refractivity contribution in [3.8, 4) is 0 Å². The quantitative estimate of drug-likeness (QED) is 0.452. The highest BCUT2D eigenvalue weighted by Crippen LogP contribution is 2.06. The fourth-order valence-electron chi connectivity index (χ4n) is 1.87. The van der Waals surface area contributed by atoms with Crippen LogP contribution in [-0.4, -0.2) is 18.6 Å². The molecule has 0 aliphatic rings. The molecule has 1 rings (SSSR count). The summed E-state index contributed by atoms with van der Waals surface area (Å²) in [5.74, 6) is 0.168. The first-order valence-corrected chi connectivity index (χ1v) is 7.42. The Bertz CT molecular complexity index is 463. The van der Waals surface area contributed by atoms with Crippen molar-refractivity contribution in [3.63, 3.8) is 0 Å². The van der Waals surface area contributed by atoms with Gasteiger partial charge >= 0.3 is 5.97 Å². The van der Waals surface area contributed by atoms with Crippen molar-refractivity contribution in [3.05, 3.63) is 60.2 Å². The molecule has 0 unspecified atom stereocenters. The summed E-state index contributed by atoms with van der Waals surface area (Å²) in [6, 6.07) is 10.6. The molecule has 3 nitrogen and oxygen atoms in total. The fraction of sp³-hybridized carbons (Fsp3) is 0.389. The third-order valence-corrected chi connectivity index (χ3v) is 3.05. The van der Waals surface area contributed by atoms with Gasteiger partial charge in [-0.25, -0.2) is 4.79 Å². The zero-order chi connectivity index (χ0) is 15.5. The molecule has 0 aliphatic carbocycles. The number of esters is 1. The summed E-state index contributed by atoms with van der Waals surface area (Å²) >= 11 is 0. The van der Waals surface area contributed by atoms with E-state index in [4.69, 9.17) is 4.74 Å². The van der Waals surface area contributed by atoms with E-state index in [0.717, 1.165) is 6.54 Å². The van der Waals surface area contributed by atoms with Crippen LogP contribution in [-0.2, 0) is 16.1 Å². The van der Waals surface area contributed by atoms with E-state index in [-0.39, 0.29) is 12.0 Å². The summed E-state index contributed by atoms with van der Waals surface area (Å²) in [5, 5.41) is 3.51. The van der Waals surface area contributed by atoms with Crippen LogP contribution < -0.4 is 5.32 Å². The highest BCUT2D eigenvalue weighted by atomic mass is 16.5. The zero-order valence-corrected chi connectivity index (χ0v) is 13.1. The number of allylic oxidation sites excluding steroid dienone is 2. The van der Waals surface area contributed by atoms with E-state index in [9.17, 15) is 4.79 Å². The van der Waals surface area contributed by atoms with E-state index < -0.39 is 0 Å². The van der Waals surface area contributed by atoms with E-state index in [1.54, 1.807) is 13.0 Å². The van der Waals surface area contributed by atoms with Crippen LogP contribution in [0.15, 0.2) is 54.6 Å². The minimum absolute atomic E-state index is 0.261. The average Bonchev–Trinajstić information content (AvgIpc) is 2.47. The lowest BCUT2D eigenvalue weighted by atomic mass is 10.0. The Morgan fingerprint density at radius 2 is 1.95 bits per heavy atom. The molecular weight excluding hydrogens is 262 g/mol. The number of nitrogens with one attached hydrogen (secondary N) is 1. The third-order valence-electron chi connectivity index (χ3n) is 3.05. The number of hydrogen-bond donors (Lipinski definition) is 1. The molecule has 0 heterocycles. The van der Waals surface area contributed by atoms with Crippen LogP contribution in [0.4, 0.5) is 0 Å². The minimum atomic E-state index is -0.305. The highest BCUT2D eigenvalue weighted by molar-refractivity contribution is 5.82. The van der Waals surface area contributed by atoms with Gasteiger partial charge in [0.2, 0.25) is 0 Å². The Kier molecular flexibility index (Phi) is 8.14. The zero-order valence-electron chi connectivity index (χ0n) is 13.1. The van der Waals surface area contributed by atoms with E-state index >= 15 is 0 Å². The Morgan fingerprint density at radius 3 is 2.57 bits per heavy atom. The van der Waals surface area contributed by atoms with Gasteiger partial charge in [-0.3, -0.25) is 0 Å². The minimum Gasteiger partial charge on any atom is -0.463 e. The molecule has 1 atom stereocenters. The third kappa shape index (κ3) is 7.47. The lowest BCUT2D eigenvalue weighted by Gasteiger charge is -2.18. The van der Waals surface area contributed by atoms with Crippen LogP contribution in [0.25, 0.3) is 0 Å². The van der Waals surface area contributed by atoms with E-state index in [1.807, 2.05) is 24.3 Å². The first kappa shape index (κ1) is 17.2. The van der Waals surface area contributed by atoms with Crippen LogP contribution in [0.1, 0.15) is 26.3 Å². The second kappa shape index (κ2) is 9.94. The molecule has 0 aliphatic heterocycles. The molecule has 3 heteroatoms. The fourth-order valence-corrected chi connectivity index (χ4v) is 1.87. The topological polar surface area (TPSA) is 38.3 Å². The van der Waals surface area contributed by atoms with E-state index in [2.05, 4.69) is 37.4 Å². The van der Waals surface area contributed by atoms with Crippen molar-refractivity contribution in [1.82, 2.24) is 5.32 Å². The summed E-state index contributed by atoms with van der Waals surface area (Å²) in [6.07, 6.45) is 7.12. The Morgan fingerprint density at radius 1 is 1.24 bits per heavy atom. The lowest BCUT2D eigenvalue weighted by Crippen LogP contribution is -2.31. The maximum absolute atomic E-state index is 11.2. The SMILES string of the molecule is CCOC(=O)/C=C/C=C/[C@@H](NCc1ccccc1)C(C)C. The molecule has 0 amide bonds. The number of ether oxygens (including phenoxy) is 1. The van der Waals surface area contributed by atoms with Gasteiger partial charge in [-0.2, -0.15) is 0 Å². The van der Waals surface area contributed by atoms with Gasteiger partial charge in [-0.1, -0.05) is 62.4 Å². The summed E-state index contributed by atoms with van der Waals surface area (Å²) in [5.41, 5.74) is 1.26. The van der Waals surface area contributed by atoms with Crippen molar-refractivity contribution in [1.29, 1.82) is 0 Å². The highest BCUT2D eigenvalue weighted by Gasteiger charge is 2.08. The molecule has 1 aromatic rings. The standard InChI is InChI=1S/C18H25NO2/c1-4-21-18(20)13-9-8-12-17(15(2)3)19-14-16-10-6-5-7-11-16/h5-13,15,17,19H,4,14H2,1-3H3/b12-8+,13-9+/t17-/m1/s1. The molecule has 0 aromatic heterocycles. The molecule has 21 heavy (non-hydrogen) atoms. The average molecular weight is 287 g/mol. The summed E-state index contributed by atoms with van der Waals surface area (Å²) < 4.78 is 4.83. The van der Waals surface area contributed by atoms with E-state index in [1.165, 1.54) is 11.6 Å². The molecule has 0 fully saturated rings. The molecule has 0 saturated carbocycles. The Labute approximate surface area is 127 Å². The van der Waals surface area contributed by atoms with Crippen molar-refractivity contribution in [2.24, 2.45) is 5.92 Å². The normalized spacial score (nSPS) is 13.1. The second-order valence-electron chi connectivity index (χ2n) is 5.13. The van der Waals surface area contributed by atoms with E-state index in [0.29, 0.717) is 12.5 Å². The Balaban J connectivity index is 2.48. The van der Waals surface area contributed by atoms with Gasteiger partial charge in [-0.15, -0.1) is 0 Å².